The highest BCUT2D eigenvalue weighted by atomic mass is 32.1. The number of amides is 2. The molecule has 1 fully saturated rings. The molecule has 0 N–H and O–H groups in total. The summed E-state index contributed by atoms with van der Waals surface area (Å²) in [6.45, 7) is -0.0927. The van der Waals surface area contributed by atoms with Gasteiger partial charge in [0, 0.05) is 17.7 Å². The predicted molar refractivity (Wildman–Crippen MR) is 78.0 cm³/mol. The number of benzene rings is 1. The van der Waals surface area contributed by atoms with Gasteiger partial charge in [-0.15, -0.1) is 11.3 Å². The Labute approximate surface area is 129 Å². The first-order valence-corrected chi connectivity index (χ1v) is 7.55. The van der Waals surface area contributed by atoms with E-state index in [4.69, 9.17) is 4.74 Å². The van der Waals surface area contributed by atoms with Crippen molar-refractivity contribution in [3.63, 3.8) is 0 Å². The molecule has 114 valence electrons. The van der Waals surface area contributed by atoms with Gasteiger partial charge in [0.1, 0.15) is 10.7 Å². The number of likely N-dealkylation sites (tertiary alicyclic amines) is 1. The van der Waals surface area contributed by atoms with E-state index in [1.807, 2.05) is 0 Å². The predicted octanol–water partition coefficient (Wildman–Crippen LogP) is 2.35. The lowest BCUT2D eigenvalue weighted by molar-refractivity contribution is -0.143. The molecule has 0 unspecified atom stereocenters. The van der Waals surface area contributed by atoms with Gasteiger partial charge in [-0.05, 0) is 36.1 Å². The highest BCUT2D eigenvalue weighted by Gasteiger charge is 2.27. The van der Waals surface area contributed by atoms with Crippen LogP contribution in [0.15, 0.2) is 24.3 Å². The van der Waals surface area contributed by atoms with Gasteiger partial charge in [0.25, 0.3) is 5.91 Å². The molecule has 1 aromatic carbocycles. The van der Waals surface area contributed by atoms with E-state index in [2.05, 4.69) is 0 Å². The molecular formula is C15H12FNO4S. The molecule has 0 spiro atoms. The van der Waals surface area contributed by atoms with Crippen LogP contribution in [0.5, 0.6) is 0 Å². The molecule has 3 rings (SSSR count). The highest BCUT2D eigenvalue weighted by Crippen LogP contribution is 2.26. The van der Waals surface area contributed by atoms with E-state index in [9.17, 15) is 18.8 Å². The van der Waals surface area contributed by atoms with Gasteiger partial charge in [-0.1, -0.05) is 0 Å². The normalized spacial score (nSPS) is 14.6. The molecule has 1 aromatic heterocycles. The van der Waals surface area contributed by atoms with Gasteiger partial charge in [-0.2, -0.15) is 0 Å². The zero-order chi connectivity index (χ0) is 15.7. The SMILES string of the molecule is O=C(OCC(=O)N1CCCC1=O)c1cc2cc(F)ccc2s1. The van der Waals surface area contributed by atoms with Crippen molar-refractivity contribution < 1.29 is 23.5 Å². The number of carbonyl (C=O) groups excluding carboxylic acids is 3. The van der Waals surface area contributed by atoms with E-state index >= 15 is 0 Å². The standard InChI is InChI=1S/C15H12FNO4S/c16-10-3-4-11-9(6-10)7-12(22-11)15(20)21-8-14(19)17-5-1-2-13(17)18/h3-4,6-7H,1-2,5,8H2. The van der Waals surface area contributed by atoms with Gasteiger partial charge in [0.15, 0.2) is 6.61 Å². The van der Waals surface area contributed by atoms with Crippen LogP contribution in [0.2, 0.25) is 0 Å². The third-order valence-electron chi connectivity index (χ3n) is 3.38. The minimum absolute atomic E-state index is 0.238. The van der Waals surface area contributed by atoms with Gasteiger partial charge in [-0.3, -0.25) is 14.5 Å². The number of carbonyl (C=O) groups is 3. The minimum Gasteiger partial charge on any atom is -0.451 e. The van der Waals surface area contributed by atoms with Crippen molar-refractivity contribution in [3.05, 3.63) is 35.0 Å². The Bertz CT molecular complexity index is 770. The summed E-state index contributed by atoms with van der Waals surface area (Å²) < 4.78 is 18.8. The molecule has 0 bridgehead atoms. The van der Waals surface area contributed by atoms with E-state index in [0.29, 0.717) is 29.6 Å². The molecular weight excluding hydrogens is 309 g/mol. The minimum atomic E-state index is -0.651. The van der Waals surface area contributed by atoms with E-state index in [1.165, 1.54) is 29.5 Å². The Morgan fingerprint density at radius 2 is 2.14 bits per heavy atom. The lowest BCUT2D eigenvalue weighted by atomic mass is 10.2. The maximum absolute atomic E-state index is 13.1. The molecule has 0 saturated carbocycles. The average molecular weight is 321 g/mol. The molecule has 0 atom stereocenters. The number of rotatable bonds is 3. The second-order valence-electron chi connectivity index (χ2n) is 4.91. The topological polar surface area (TPSA) is 63.7 Å². The maximum Gasteiger partial charge on any atom is 0.348 e. The summed E-state index contributed by atoms with van der Waals surface area (Å²) in [6, 6.07) is 5.75. The van der Waals surface area contributed by atoms with Crippen LogP contribution >= 0.6 is 11.3 Å². The number of halogens is 1. The van der Waals surface area contributed by atoms with Gasteiger partial charge < -0.3 is 4.74 Å². The van der Waals surface area contributed by atoms with E-state index in [-0.39, 0.29) is 11.7 Å². The van der Waals surface area contributed by atoms with Gasteiger partial charge in [0.05, 0.1) is 0 Å². The summed E-state index contributed by atoms with van der Waals surface area (Å²) in [5.41, 5.74) is 0. The molecule has 2 heterocycles. The molecule has 5 nitrogen and oxygen atoms in total. The number of nitrogens with zero attached hydrogens (tertiary/aromatic N) is 1. The summed E-state index contributed by atoms with van der Waals surface area (Å²) in [7, 11) is 0. The van der Waals surface area contributed by atoms with Gasteiger partial charge in [0.2, 0.25) is 5.91 Å². The number of imide groups is 1. The van der Waals surface area contributed by atoms with E-state index < -0.39 is 18.5 Å². The van der Waals surface area contributed by atoms with Gasteiger partial charge in [-0.25, -0.2) is 9.18 Å². The Hall–Kier alpha value is -2.28. The quantitative estimate of drug-likeness (QED) is 0.814. The number of thiophene rings is 1. The first-order valence-electron chi connectivity index (χ1n) is 6.74. The Morgan fingerprint density at radius 1 is 1.32 bits per heavy atom. The summed E-state index contributed by atoms with van der Waals surface area (Å²) in [4.78, 5) is 36.5. The van der Waals surface area contributed by atoms with Crippen molar-refractivity contribution in [1.82, 2.24) is 4.90 Å². The smallest absolute Gasteiger partial charge is 0.348 e. The fourth-order valence-corrected chi connectivity index (χ4v) is 3.24. The molecule has 1 aliphatic rings. The average Bonchev–Trinajstić information content (AvgIpc) is 3.09. The summed E-state index contributed by atoms with van der Waals surface area (Å²) in [6.07, 6.45) is 0.988. The third-order valence-corrected chi connectivity index (χ3v) is 4.48. The second-order valence-corrected chi connectivity index (χ2v) is 6.00. The second kappa shape index (κ2) is 5.84. The first-order chi connectivity index (χ1) is 10.5. The van der Waals surface area contributed by atoms with Crippen LogP contribution < -0.4 is 0 Å². The lowest BCUT2D eigenvalue weighted by Gasteiger charge is -2.12. The fraction of sp³-hybridized carbons (Fsp3) is 0.267. The fourth-order valence-electron chi connectivity index (χ4n) is 2.30. The van der Waals surface area contributed by atoms with Crippen LogP contribution in [0, 0.1) is 5.82 Å². The molecule has 1 aliphatic heterocycles. The van der Waals surface area contributed by atoms with Crippen molar-refractivity contribution >= 4 is 39.2 Å². The molecule has 0 radical (unpaired) electrons. The Balaban J connectivity index is 1.65. The largest absolute Gasteiger partial charge is 0.451 e. The molecule has 0 aliphatic carbocycles. The summed E-state index contributed by atoms with van der Waals surface area (Å²) in [5, 5.41) is 0.609. The number of esters is 1. The Kier molecular flexibility index (Phi) is 3.89. The molecule has 2 amide bonds. The third kappa shape index (κ3) is 2.85. The number of ether oxygens (including phenoxy) is 1. The molecule has 22 heavy (non-hydrogen) atoms. The summed E-state index contributed by atoms with van der Waals surface area (Å²) in [5.74, 6) is -1.78. The van der Waals surface area contributed by atoms with E-state index in [1.54, 1.807) is 6.07 Å². The van der Waals surface area contributed by atoms with Crippen LogP contribution in [0.3, 0.4) is 0 Å². The number of hydrogen-bond acceptors (Lipinski definition) is 5. The van der Waals surface area contributed by atoms with Crippen LogP contribution in [0.1, 0.15) is 22.5 Å². The van der Waals surface area contributed by atoms with Crippen molar-refractivity contribution in [2.75, 3.05) is 13.2 Å². The summed E-state index contributed by atoms with van der Waals surface area (Å²) >= 11 is 1.17. The van der Waals surface area contributed by atoms with Gasteiger partial charge >= 0.3 is 5.97 Å². The van der Waals surface area contributed by atoms with Crippen LogP contribution in [-0.4, -0.2) is 35.8 Å². The van der Waals surface area contributed by atoms with Crippen molar-refractivity contribution in [3.8, 4) is 0 Å². The molecule has 2 aromatic rings. The van der Waals surface area contributed by atoms with Crippen LogP contribution in [0.25, 0.3) is 10.1 Å². The highest BCUT2D eigenvalue weighted by molar-refractivity contribution is 7.20. The first kappa shape index (κ1) is 14.6. The lowest BCUT2D eigenvalue weighted by Crippen LogP contribution is -2.35. The monoisotopic (exact) mass is 321 g/mol. The molecule has 7 heteroatoms. The zero-order valence-electron chi connectivity index (χ0n) is 11.5. The van der Waals surface area contributed by atoms with Crippen molar-refractivity contribution in [1.29, 1.82) is 0 Å². The Morgan fingerprint density at radius 3 is 2.86 bits per heavy atom. The van der Waals surface area contributed by atoms with Crippen LogP contribution in [-0.2, 0) is 14.3 Å². The van der Waals surface area contributed by atoms with E-state index in [0.717, 1.165) is 9.60 Å². The zero-order valence-corrected chi connectivity index (χ0v) is 12.3. The van der Waals surface area contributed by atoms with Crippen molar-refractivity contribution in [2.24, 2.45) is 0 Å². The maximum atomic E-state index is 13.1. The molecule has 1 saturated heterocycles. The number of fused-ring (bicyclic) bond motifs is 1. The number of hydrogen-bond donors (Lipinski definition) is 0. The van der Waals surface area contributed by atoms with Crippen molar-refractivity contribution in [2.45, 2.75) is 12.8 Å². The van der Waals surface area contributed by atoms with Crippen LogP contribution in [0.4, 0.5) is 4.39 Å².